The van der Waals surface area contributed by atoms with E-state index in [0.717, 1.165) is 0 Å². The molecule has 0 bridgehead atoms. The second-order valence-electron chi connectivity index (χ2n) is 3.13. The second kappa shape index (κ2) is 3.84. The van der Waals surface area contributed by atoms with Gasteiger partial charge in [0.25, 0.3) is 5.91 Å². The van der Waals surface area contributed by atoms with Gasteiger partial charge in [-0.05, 0) is 11.6 Å². The molecule has 2 N–H and O–H groups in total. The highest BCUT2D eigenvalue weighted by atomic mass is 35.5. The van der Waals surface area contributed by atoms with Crippen LogP contribution >= 0.6 is 23.2 Å². The van der Waals surface area contributed by atoms with Gasteiger partial charge in [-0.15, -0.1) is 0 Å². The summed E-state index contributed by atoms with van der Waals surface area (Å²) in [7, 11) is 1.70. The summed E-state index contributed by atoms with van der Waals surface area (Å²) in [6, 6.07) is 1.44. The van der Waals surface area contributed by atoms with Gasteiger partial charge in [0.05, 0.1) is 22.5 Å². The van der Waals surface area contributed by atoms with E-state index >= 15 is 0 Å². The molecule has 0 atom stereocenters. The van der Waals surface area contributed by atoms with Crippen LogP contribution in [-0.2, 0) is 7.05 Å². The molecule has 0 saturated heterocycles. The number of amides is 1. The summed E-state index contributed by atoms with van der Waals surface area (Å²) in [5.41, 5.74) is 6.14. The van der Waals surface area contributed by atoms with Crippen molar-refractivity contribution in [2.24, 2.45) is 12.8 Å². The molecule has 0 aromatic carbocycles. The maximum atomic E-state index is 10.9. The molecular formula is C9H7Cl2N3O2. The van der Waals surface area contributed by atoms with Gasteiger partial charge in [0, 0.05) is 13.1 Å². The standard InChI is InChI=1S/C9H7Cl2N3O2/c1-14-7(5(10)3-13-14)4-2-6(9(12)15)16-8(4)11/h2-3H,1H3,(H2,12,15). The molecule has 0 aliphatic heterocycles. The van der Waals surface area contributed by atoms with Crippen molar-refractivity contribution in [3.05, 3.63) is 28.3 Å². The predicted molar refractivity (Wildman–Crippen MR) is 59.4 cm³/mol. The Morgan fingerprint density at radius 3 is 2.69 bits per heavy atom. The summed E-state index contributed by atoms with van der Waals surface area (Å²) >= 11 is 11.8. The highest BCUT2D eigenvalue weighted by molar-refractivity contribution is 6.35. The van der Waals surface area contributed by atoms with Gasteiger partial charge in [-0.3, -0.25) is 9.48 Å². The summed E-state index contributed by atoms with van der Waals surface area (Å²) in [5.74, 6) is -0.705. The van der Waals surface area contributed by atoms with Crippen LogP contribution in [0.25, 0.3) is 11.3 Å². The number of hydrogen-bond donors (Lipinski definition) is 1. The summed E-state index contributed by atoms with van der Waals surface area (Å²) in [5, 5.41) is 4.43. The normalized spacial score (nSPS) is 10.7. The number of primary amides is 1. The molecule has 0 aliphatic carbocycles. The number of nitrogens with two attached hydrogens (primary N) is 1. The van der Waals surface area contributed by atoms with Crippen LogP contribution in [-0.4, -0.2) is 15.7 Å². The topological polar surface area (TPSA) is 74.1 Å². The van der Waals surface area contributed by atoms with E-state index in [9.17, 15) is 4.79 Å². The lowest BCUT2D eigenvalue weighted by molar-refractivity contribution is 0.0974. The molecule has 1 amide bonds. The number of carbonyl (C=O) groups excluding carboxylic acids is 1. The van der Waals surface area contributed by atoms with E-state index in [4.69, 9.17) is 33.4 Å². The first-order chi connectivity index (χ1) is 7.50. The van der Waals surface area contributed by atoms with Gasteiger partial charge in [-0.25, -0.2) is 0 Å². The number of furan rings is 1. The Morgan fingerprint density at radius 2 is 2.25 bits per heavy atom. The number of rotatable bonds is 2. The molecule has 2 heterocycles. The Hall–Kier alpha value is -1.46. The minimum absolute atomic E-state index is 0.0164. The number of carbonyl (C=O) groups is 1. The van der Waals surface area contributed by atoms with Crippen molar-refractivity contribution in [2.45, 2.75) is 0 Å². The van der Waals surface area contributed by atoms with Crippen LogP contribution < -0.4 is 5.73 Å². The Balaban J connectivity index is 2.61. The van der Waals surface area contributed by atoms with E-state index in [2.05, 4.69) is 5.10 Å². The molecule has 84 valence electrons. The van der Waals surface area contributed by atoms with Crippen LogP contribution in [0, 0.1) is 0 Å². The molecule has 0 fully saturated rings. The number of hydrogen-bond acceptors (Lipinski definition) is 3. The molecule has 0 unspecified atom stereocenters. The van der Waals surface area contributed by atoms with E-state index < -0.39 is 5.91 Å². The first-order valence-corrected chi connectivity index (χ1v) is 5.03. The molecule has 2 aromatic heterocycles. The molecule has 7 heteroatoms. The second-order valence-corrected chi connectivity index (χ2v) is 3.88. The zero-order valence-electron chi connectivity index (χ0n) is 8.20. The Bertz CT molecular complexity index is 540. The molecule has 0 aliphatic rings. The molecule has 0 saturated carbocycles. The summed E-state index contributed by atoms with van der Waals surface area (Å²) in [4.78, 5) is 10.9. The fourth-order valence-corrected chi connectivity index (χ4v) is 1.86. The van der Waals surface area contributed by atoms with Crippen molar-refractivity contribution in [2.75, 3.05) is 0 Å². The molecule has 16 heavy (non-hydrogen) atoms. The highest BCUT2D eigenvalue weighted by Gasteiger charge is 2.19. The van der Waals surface area contributed by atoms with Crippen molar-refractivity contribution < 1.29 is 9.21 Å². The first-order valence-electron chi connectivity index (χ1n) is 4.27. The third kappa shape index (κ3) is 1.68. The molecule has 5 nitrogen and oxygen atoms in total. The molecule has 2 rings (SSSR count). The fraction of sp³-hybridized carbons (Fsp3) is 0.111. The average molecular weight is 260 g/mol. The van der Waals surface area contributed by atoms with Crippen molar-refractivity contribution in [1.82, 2.24) is 9.78 Å². The number of nitrogens with zero attached hydrogens (tertiary/aromatic N) is 2. The van der Waals surface area contributed by atoms with Crippen LogP contribution in [0.4, 0.5) is 0 Å². The molecule has 0 radical (unpaired) electrons. The maximum absolute atomic E-state index is 10.9. The fourth-order valence-electron chi connectivity index (χ4n) is 1.37. The zero-order chi connectivity index (χ0) is 11.9. The van der Waals surface area contributed by atoms with E-state index in [1.165, 1.54) is 16.9 Å². The van der Waals surface area contributed by atoms with Crippen molar-refractivity contribution >= 4 is 29.1 Å². The number of halogens is 2. The van der Waals surface area contributed by atoms with E-state index in [1.54, 1.807) is 7.05 Å². The third-order valence-corrected chi connectivity index (χ3v) is 2.64. The van der Waals surface area contributed by atoms with Crippen molar-refractivity contribution in [3.63, 3.8) is 0 Å². The zero-order valence-corrected chi connectivity index (χ0v) is 9.71. The van der Waals surface area contributed by atoms with Crippen LogP contribution in [0.1, 0.15) is 10.6 Å². The minimum atomic E-state index is -0.688. The van der Waals surface area contributed by atoms with Crippen molar-refractivity contribution in [3.8, 4) is 11.3 Å². The Morgan fingerprint density at radius 1 is 1.56 bits per heavy atom. The minimum Gasteiger partial charge on any atom is -0.439 e. The average Bonchev–Trinajstić information content (AvgIpc) is 2.71. The van der Waals surface area contributed by atoms with Gasteiger partial charge in [0.1, 0.15) is 0 Å². The van der Waals surface area contributed by atoms with Gasteiger partial charge in [0.15, 0.2) is 5.76 Å². The molecule has 0 spiro atoms. The maximum Gasteiger partial charge on any atom is 0.284 e. The Kier molecular flexibility index (Phi) is 2.65. The third-order valence-electron chi connectivity index (χ3n) is 2.08. The number of aryl methyl sites for hydroxylation is 1. The van der Waals surface area contributed by atoms with Crippen LogP contribution in [0.3, 0.4) is 0 Å². The summed E-state index contributed by atoms with van der Waals surface area (Å²) < 4.78 is 6.53. The summed E-state index contributed by atoms with van der Waals surface area (Å²) in [6.07, 6.45) is 1.48. The largest absolute Gasteiger partial charge is 0.439 e. The predicted octanol–water partition coefficient (Wildman–Crippen LogP) is 2.09. The smallest absolute Gasteiger partial charge is 0.284 e. The van der Waals surface area contributed by atoms with Crippen LogP contribution in [0.2, 0.25) is 10.2 Å². The lowest BCUT2D eigenvalue weighted by Crippen LogP contribution is -2.09. The van der Waals surface area contributed by atoms with Crippen molar-refractivity contribution in [1.29, 1.82) is 0 Å². The van der Waals surface area contributed by atoms with Gasteiger partial charge < -0.3 is 10.2 Å². The van der Waals surface area contributed by atoms with Gasteiger partial charge in [0.2, 0.25) is 5.22 Å². The van der Waals surface area contributed by atoms with Crippen LogP contribution in [0.15, 0.2) is 16.7 Å². The van der Waals surface area contributed by atoms with E-state index in [-0.39, 0.29) is 11.0 Å². The molecule has 2 aromatic rings. The first kappa shape index (κ1) is 11.0. The lowest BCUT2D eigenvalue weighted by Gasteiger charge is -1.98. The van der Waals surface area contributed by atoms with E-state index in [1.807, 2.05) is 0 Å². The SMILES string of the molecule is Cn1ncc(Cl)c1-c1cc(C(N)=O)oc1Cl. The quantitative estimate of drug-likeness (QED) is 0.898. The summed E-state index contributed by atoms with van der Waals surface area (Å²) in [6.45, 7) is 0. The molecular weight excluding hydrogens is 253 g/mol. The van der Waals surface area contributed by atoms with Crippen LogP contribution in [0.5, 0.6) is 0 Å². The Labute approximate surface area is 101 Å². The van der Waals surface area contributed by atoms with Gasteiger partial charge in [-0.2, -0.15) is 5.10 Å². The van der Waals surface area contributed by atoms with Gasteiger partial charge >= 0.3 is 0 Å². The van der Waals surface area contributed by atoms with E-state index in [0.29, 0.717) is 16.3 Å². The van der Waals surface area contributed by atoms with Gasteiger partial charge in [-0.1, -0.05) is 11.6 Å². The lowest BCUT2D eigenvalue weighted by atomic mass is 10.2. The highest BCUT2D eigenvalue weighted by Crippen LogP contribution is 2.34. The monoisotopic (exact) mass is 259 g/mol. The number of aromatic nitrogens is 2.